The van der Waals surface area contributed by atoms with Gasteiger partial charge in [-0.3, -0.25) is 15.1 Å². The summed E-state index contributed by atoms with van der Waals surface area (Å²) in [5.74, 6) is 1.85. The summed E-state index contributed by atoms with van der Waals surface area (Å²) in [7, 11) is 0. The summed E-state index contributed by atoms with van der Waals surface area (Å²) >= 11 is 0. The molecular weight excluding hydrogens is 433 g/mol. The Morgan fingerprint density at radius 1 is 1.28 bits per heavy atom. The van der Waals surface area contributed by atoms with Crippen LogP contribution in [0.15, 0.2) is 4.99 Å². The van der Waals surface area contributed by atoms with E-state index < -0.39 is 5.54 Å². The van der Waals surface area contributed by atoms with Crippen molar-refractivity contribution in [3.63, 3.8) is 0 Å². The molecule has 0 aromatic carbocycles. The zero-order chi connectivity index (χ0) is 17.2. The number of urea groups is 1. The Morgan fingerprint density at radius 2 is 1.96 bits per heavy atom. The first-order chi connectivity index (χ1) is 11.5. The molecule has 0 aromatic rings. The van der Waals surface area contributed by atoms with Crippen molar-refractivity contribution in [3.05, 3.63) is 0 Å². The zero-order valence-corrected chi connectivity index (χ0v) is 17.5. The van der Waals surface area contributed by atoms with Crippen molar-refractivity contribution in [1.82, 2.24) is 20.9 Å². The van der Waals surface area contributed by atoms with Gasteiger partial charge in [-0.25, -0.2) is 4.79 Å². The van der Waals surface area contributed by atoms with Gasteiger partial charge in [0.25, 0.3) is 5.91 Å². The summed E-state index contributed by atoms with van der Waals surface area (Å²) in [4.78, 5) is 30.6. The van der Waals surface area contributed by atoms with Gasteiger partial charge in [0.05, 0.1) is 0 Å². The maximum Gasteiger partial charge on any atom is 0.322 e. The van der Waals surface area contributed by atoms with E-state index in [1.807, 2.05) is 6.92 Å². The van der Waals surface area contributed by atoms with E-state index in [-0.39, 0.29) is 41.8 Å². The van der Waals surface area contributed by atoms with Gasteiger partial charge in [-0.15, -0.1) is 24.0 Å². The monoisotopic (exact) mass is 463 g/mol. The van der Waals surface area contributed by atoms with Crippen molar-refractivity contribution in [3.8, 4) is 0 Å². The Kier molecular flexibility index (Phi) is 6.93. The number of imide groups is 1. The van der Waals surface area contributed by atoms with Crippen LogP contribution in [0.3, 0.4) is 0 Å². The molecule has 25 heavy (non-hydrogen) atoms. The third-order valence-electron chi connectivity index (χ3n) is 5.51. The normalized spacial score (nSPS) is 27.6. The number of nitrogens with one attached hydrogen (secondary N) is 3. The van der Waals surface area contributed by atoms with Crippen LogP contribution in [0.4, 0.5) is 4.79 Å². The molecule has 2 heterocycles. The Balaban J connectivity index is 0.00000225. The highest BCUT2D eigenvalue weighted by Crippen LogP contribution is 2.32. The summed E-state index contributed by atoms with van der Waals surface area (Å²) in [5.41, 5.74) is -0.773. The van der Waals surface area contributed by atoms with Crippen molar-refractivity contribution >= 4 is 41.9 Å². The molecule has 1 unspecified atom stereocenters. The molecule has 3 fully saturated rings. The highest BCUT2D eigenvalue weighted by Gasteiger charge is 2.48. The summed E-state index contributed by atoms with van der Waals surface area (Å²) < 4.78 is 0. The van der Waals surface area contributed by atoms with E-state index in [1.165, 1.54) is 19.3 Å². The van der Waals surface area contributed by atoms with Gasteiger partial charge in [0.2, 0.25) is 0 Å². The second-order valence-corrected chi connectivity index (χ2v) is 7.34. The summed E-state index contributed by atoms with van der Waals surface area (Å²) in [5, 5.41) is 8.56. The molecule has 0 bridgehead atoms. The topological polar surface area (TPSA) is 85.8 Å². The molecule has 1 atom stereocenters. The second kappa shape index (κ2) is 8.55. The molecule has 0 spiro atoms. The Labute approximate surface area is 166 Å². The number of aliphatic imine (C=N–C) groups is 1. The van der Waals surface area contributed by atoms with E-state index in [0.29, 0.717) is 0 Å². The van der Waals surface area contributed by atoms with Crippen LogP contribution in [-0.4, -0.2) is 54.5 Å². The van der Waals surface area contributed by atoms with E-state index >= 15 is 0 Å². The van der Waals surface area contributed by atoms with Crippen LogP contribution in [0.2, 0.25) is 0 Å². The van der Waals surface area contributed by atoms with Gasteiger partial charge in [-0.2, -0.15) is 0 Å². The number of guanidine groups is 1. The van der Waals surface area contributed by atoms with Crippen LogP contribution in [-0.2, 0) is 4.79 Å². The molecule has 0 radical (unpaired) electrons. The van der Waals surface area contributed by atoms with Gasteiger partial charge >= 0.3 is 6.03 Å². The number of halogens is 1. The Bertz CT molecular complexity index is 529. The molecular formula is C17H30IN5O2. The van der Waals surface area contributed by atoms with Crippen LogP contribution in [0, 0.1) is 11.8 Å². The molecule has 3 rings (SSSR count). The lowest BCUT2D eigenvalue weighted by Crippen LogP contribution is -2.55. The average molecular weight is 463 g/mol. The largest absolute Gasteiger partial charge is 0.357 e. The lowest BCUT2D eigenvalue weighted by molar-refractivity contribution is -0.125. The highest BCUT2D eigenvalue weighted by atomic mass is 127. The summed E-state index contributed by atoms with van der Waals surface area (Å²) in [6, 6.07) is -0.375. The first-order valence-electron chi connectivity index (χ1n) is 9.19. The van der Waals surface area contributed by atoms with Crippen molar-refractivity contribution in [2.24, 2.45) is 16.8 Å². The van der Waals surface area contributed by atoms with Crippen LogP contribution in [0.25, 0.3) is 0 Å². The quantitative estimate of drug-likeness (QED) is 0.251. The molecule has 0 aromatic heterocycles. The number of likely N-dealkylation sites (tertiary alicyclic amines) is 1. The number of carbonyl (C=O) groups excluding carboxylic acids is 2. The number of carbonyl (C=O) groups is 2. The molecule has 8 heteroatoms. The molecule has 1 aliphatic carbocycles. The third-order valence-corrected chi connectivity index (χ3v) is 5.51. The van der Waals surface area contributed by atoms with Gasteiger partial charge in [0.15, 0.2) is 5.96 Å². The Morgan fingerprint density at radius 3 is 2.48 bits per heavy atom. The van der Waals surface area contributed by atoms with Crippen LogP contribution >= 0.6 is 24.0 Å². The van der Waals surface area contributed by atoms with Crippen LogP contribution in [0.5, 0.6) is 0 Å². The van der Waals surface area contributed by atoms with Crippen molar-refractivity contribution in [2.45, 2.75) is 51.5 Å². The number of amides is 3. The zero-order valence-electron chi connectivity index (χ0n) is 15.1. The smallest absolute Gasteiger partial charge is 0.322 e. The third kappa shape index (κ3) is 4.77. The fourth-order valence-corrected chi connectivity index (χ4v) is 3.70. The predicted octanol–water partition coefficient (Wildman–Crippen LogP) is 1.68. The minimum absolute atomic E-state index is 0. The number of nitrogens with zero attached hydrogens (tertiary/aromatic N) is 2. The number of piperidine rings is 1. The van der Waals surface area contributed by atoms with E-state index in [4.69, 9.17) is 4.99 Å². The second-order valence-electron chi connectivity index (χ2n) is 7.34. The van der Waals surface area contributed by atoms with Gasteiger partial charge in [-0.1, -0.05) is 12.8 Å². The maximum absolute atomic E-state index is 12.1. The van der Waals surface area contributed by atoms with E-state index in [9.17, 15) is 9.59 Å². The Hall–Kier alpha value is -1.06. The summed E-state index contributed by atoms with van der Waals surface area (Å²) in [6.07, 6.45) is 5.66. The number of hydrogen-bond donors (Lipinski definition) is 3. The summed E-state index contributed by atoms with van der Waals surface area (Å²) in [6.45, 7) is 7.39. The van der Waals surface area contributed by atoms with Crippen LogP contribution in [0.1, 0.15) is 46.0 Å². The fraction of sp³-hybridized carbons (Fsp3) is 0.824. The highest BCUT2D eigenvalue weighted by molar-refractivity contribution is 14.0. The number of rotatable bonds is 5. The molecule has 3 aliphatic rings. The first-order valence-corrected chi connectivity index (χ1v) is 9.19. The SMILES string of the molecule is CCNC(=NCCC1CC1)N1CCC(C2(C)NC(=O)NC2=O)CC1.I. The van der Waals surface area contributed by atoms with E-state index in [0.717, 1.165) is 50.9 Å². The van der Waals surface area contributed by atoms with Gasteiger partial charge in [0.1, 0.15) is 5.54 Å². The van der Waals surface area contributed by atoms with Gasteiger partial charge in [-0.05, 0) is 44.9 Å². The predicted molar refractivity (Wildman–Crippen MR) is 108 cm³/mol. The van der Waals surface area contributed by atoms with Gasteiger partial charge < -0.3 is 15.5 Å². The minimum atomic E-state index is -0.773. The van der Waals surface area contributed by atoms with Crippen LogP contribution < -0.4 is 16.0 Å². The molecule has 142 valence electrons. The molecule has 2 saturated heterocycles. The molecule has 2 aliphatic heterocycles. The van der Waals surface area contributed by atoms with Crippen molar-refractivity contribution < 1.29 is 9.59 Å². The van der Waals surface area contributed by atoms with Crippen molar-refractivity contribution in [2.75, 3.05) is 26.2 Å². The lowest BCUT2D eigenvalue weighted by atomic mass is 9.79. The molecule has 3 amide bonds. The standard InChI is InChI=1S/C17H29N5O2.HI/c1-3-18-15(19-9-6-12-4-5-12)22-10-7-13(8-11-22)17(2)14(23)20-16(24)21-17;/h12-13H,3-11H2,1-2H3,(H,18,19)(H2,20,21,23,24);1H. The average Bonchev–Trinajstić information content (AvgIpc) is 3.33. The fourth-order valence-electron chi connectivity index (χ4n) is 3.70. The first kappa shape index (κ1) is 20.3. The van der Waals surface area contributed by atoms with Crippen molar-refractivity contribution in [1.29, 1.82) is 0 Å². The molecule has 1 saturated carbocycles. The molecule has 7 nitrogen and oxygen atoms in total. The van der Waals surface area contributed by atoms with E-state index in [2.05, 4.69) is 27.8 Å². The maximum atomic E-state index is 12.1. The van der Waals surface area contributed by atoms with Gasteiger partial charge in [0, 0.05) is 26.2 Å². The van der Waals surface area contributed by atoms with E-state index in [1.54, 1.807) is 0 Å². The molecule has 3 N–H and O–H groups in total. The minimum Gasteiger partial charge on any atom is -0.357 e. The lowest BCUT2D eigenvalue weighted by Gasteiger charge is -2.39. The number of hydrogen-bond acceptors (Lipinski definition) is 3.